The molecule has 5 rings (SSSR count). The van der Waals surface area contributed by atoms with Crippen molar-refractivity contribution in [2.45, 2.75) is 13.0 Å². The third-order valence-corrected chi connectivity index (χ3v) is 6.43. The summed E-state index contributed by atoms with van der Waals surface area (Å²) in [6.07, 6.45) is 2.71. The average Bonchev–Trinajstić information content (AvgIpc) is 3.54. The van der Waals surface area contributed by atoms with Crippen LogP contribution in [-0.4, -0.2) is 67.9 Å². The maximum Gasteiger partial charge on any atom is 0.407 e. The highest BCUT2D eigenvalue weighted by Gasteiger charge is 2.34. The van der Waals surface area contributed by atoms with Crippen LogP contribution in [-0.2, 0) is 13.0 Å². The number of carbonyl (C=O) groups is 3. The predicted molar refractivity (Wildman–Crippen MR) is 137 cm³/mol. The summed E-state index contributed by atoms with van der Waals surface area (Å²) in [7, 11) is 3.03. The zero-order valence-corrected chi connectivity index (χ0v) is 20.7. The first-order valence-corrected chi connectivity index (χ1v) is 11.7. The van der Waals surface area contributed by atoms with Crippen molar-refractivity contribution in [3.63, 3.8) is 0 Å². The summed E-state index contributed by atoms with van der Waals surface area (Å²) < 4.78 is 8.46. The van der Waals surface area contributed by atoms with E-state index in [0.29, 0.717) is 41.5 Å². The number of nitrogens with zero attached hydrogens (tertiary/aromatic N) is 6. The minimum atomic E-state index is -1.05. The van der Waals surface area contributed by atoms with Gasteiger partial charge in [-0.05, 0) is 55.0 Å². The summed E-state index contributed by atoms with van der Waals surface area (Å²) in [5, 5.41) is 13.6. The fourth-order valence-electron chi connectivity index (χ4n) is 4.47. The molecule has 12 heteroatoms. The number of nitrogens with two attached hydrogens (primary N) is 1. The van der Waals surface area contributed by atoms with Crippen LogP contribution in [0.5, 0.6) is 5.75 Å². The van der Waals surface area contributed by atoms with Crippen molar-refractivity contribution in [3.05, 3.63) is 83.7 Å². The second-order valence-electron chi connectivity index (χ2n) is 8.73. The number of anilines is 1. The van der Waals surface area contributed by atoms with Crippen molar-refractivity contribution in [3.8, 4) is 17.1 Å². The molecule has 38 heavy (non-hydrogen) atoms. The quantitative estimate of drug-likeness (QED) is 0.384. The standard InChI is InChI=1S/C26H25N7O5/c1-30(26(36)37)15-21-28-12-14-31(21)16-3-5-17(6-4-16)32-13-11-20-22(24(27)34)29-33(23(20)25(32)35)18-7-9-19(38-2)10-8-18/h3-10,12,14H,11,13,15H2,1-2H3,(H2,27,34)(H,36,37). The number of benzene rings is 2. The Morgan fingerprint density at radius 2 is 1.74 bits per heavy atom. The van der Waals surface area contributed by atoms with Gasteiger partial charge in [0.05, 0.1) is 19.3 Å². The molecule has 0 saturated carbocycles. The largest absolute Gasteiger partial charge is 0.497 e. The lowest BCUT2D eigenvalue weighted by Crippen LogP contribution is -2.39. The van der Waals surface area contributed by atoms with Crippen molar-refractivity contribution in [1.82, 2.24) is 24.2 Å². The van der Waals surface area contributed by atoms with E-state index in [1.165, 1.54) is 11.7 Å². The lowest BCUT2D eigenvalue weighted by Gasteiger charge is -2.28. The normalized spacial score (nSPS) is 12.8. The molecule has 12 nitrogen and oxygen atoms in total. The first kappa shape index (κ1) is 24.6. The number of aromatic nitrogens is 4. The van der Waals surface area contributed by atoms with Crippen LogP contribution < -0.4 is 15.4 Å². The van der Waals surface area contributed by atoms with Gasteiger partial charge >= 0.3 is 6.09 Å². The molecule has 0 bridgehead atoms. The summed E-state index contributed by atoms with van der Waals surface area (Å²) >= 11 is 0. The van der Waals surface area contributed by atoms with Gasteiger partial charge in [0.2, 0.25) is 0 Å². The number of hydrogen-bond acceptors (Lipinski definition) is 6. The third kappa shape index (κ3) is 4.32. The van der Waals surface area contributed by atoms with Gasteiger partial charge < -0.3 is 29.9 Å². The van der Waals surface area contributed by atoms with E-state index in [9.17, 15) is 19.5 Å². The highest BCUT2D eigenvalue weighted by Crippen LogP contribution is 2.30. The number of imidazole rings is 1. The average molecular weight is 516 g/mol. The molecular weight excluding hydrogens is 490 g/mol. The van der Waals surface area contributed by atoms with Crippen molar-refractivity contribution in [2.24, 2.45) is 5.73 Å². The maximum absolute atomic E-state index is 13.7. The number of methoxy groups -OCH3 is 1. The van der Waals surface area contributed by atoms with Gasteiger partial charge in [0, 0.05) is 42.9 Å². The number of carbonyl (C=O) groups excluding carboxylic acids is 2. The van der Waals surface area contributed by atoms with Gasteiger partial charge in [0.25, 0.3) is 11.8 Å². The first-order valence-electron chi connectivity index (χ1n) is 11.7. The fourth-order valence-corrected chi connectivity index (χ4v) is 4.47. The van der Waals surface area contributed by atoms with Gasteiger partial charge in [0.15, 0.2) is 5.69 Å². The summed E-state index contributed by atoms with van der Waals surface area (Å²) in [5.41, 5.74) is 8.50. The van der Waals surface area contributed by atoms with Gasteiger partial charge in [0.1, 0.15) is 17.3 Å². The summed E-state index contributed by atoms with van der Waals surface area (Å²) in [5.74, 6) is 0.210. The maximum atomic E-state index is 13.7. The van der Waals surface area contributed by atoms with E-state index in [4.69, 9.17) is 10.5 Å². The molecule has 0 unspecified atom stereocenters. The molecule has 0 fully saturated rings. The van der Waals surface area contributed by atoms with E-state index in [-0.39, 0.29) is 23.8 Å². The lowest BCUT2D eigenvalue weighted by molar-refractivity contribution is 0.0972. The molecule has 3 heterocycles. The number of fused-ring (bicyclic) bond motifs is 1. The van der Waals surface area contributed by atoms with Crippen molar-refractivity contribution in [1.29, 1.82) is 0 Å². The Balaban J connectivity index is 1.46. The van der Waals surface area contributed by atoms with Gasteiger partial charge in [-0.2, -0.15) is 5.10 Å². The second kappa shape index (κ2) is 9.73. The Bertz CT molecular complexity index is 1520. The minimum absolute atomic E-state index is 0.0816. The Labute approximate surface area is 217 Å². The van der Waals surface area contributed by atoms with Gasteiger partial charge in [-0.3, -0.25) is 9.59 Å². The number of rotatable bonds is 7. The van der Waals surface area contributed by atoms with Crippen LogP contribution in [0.2, 0.25) is 0 Å². The number of carboxylic acid groups (broad SMARTS) is 1. The van der Waals surface area contributed by atoms with Crippen molar-refractivity contribution in [2.75, 3.05) is 25.6 Å². The number of hydrogen-bond donors (Lipinski definition) is 2. The summed E-state index contributed by atoms with van der Waals surface area (Å²) in [4.78, 5) is 44.1. The molecule has 4 aromatic rings. The fraction of sp³-hybridized carbons (Fsp3) is 0.192. The Kier molecular flexibility index (Phi) is 6.29. The molecule has 3 N–H and O–H groups in total. The molecule has 0 saturated heterocycles. The smallest absolute Gasteiger partial charge is 0.407 e. The van der Waals surface area contributed by atoms with E-state index < -0.39 is 12.0 Å². The Morgan fingerprint density at radius 1 is 1.08 bits per heavy atom. The Hall–Kier alpha value is -5.13. The monoisotopic (exact) mass is 515 g/mol. The van der Waals surface area contributed by atoms with Gasteiger partial charge in [-0.1, -0.05) is 0 Å². The van der Waals surface area contributed by atoms with Crippen LogP contribution >= 0.6 is 0 Å². The zero-order chi connectivity index (χ0) is 27.0. The van der Waals surface area contributed by atoms with E-state index in [1.807, 2.05) is 24.3 Å². The molecule has 2 aromatic carbocycles. The molecule has 194 valence electrons. The molecule has 2 aromatic heterocycles. The van der Waals surface area contributed by atoms with E-state index in [2.05, 4.69) is 10.1 Å². The lowest BCUT2D eigenvalue weighted by atomic mass is 10.0. The van der Waals surface area contributed by atoms with Gasteiger partial charge in [-0.15, -0.1) is 0 Å². The minimum Gasteiger partial charge on any atom is -0.497 e. The van der Waals surface area contributed by atoms with Crippen LogP contribution in [0.4, 0.5) is 10.5 Å². The molecule has 1 aliphatic rings. The van der Waals surface area contributed by atoms with Crippen molar-refractivity contribution >= 4 is 23.6 Å². The van der Waals surface area contributed by atoms with Crippen LogP contribution in [0.25, 0.3) is 11.4 Å². The number of primary amides is 1. The van der Waals surface area contributed by atoms with E-state index in [0.717, 1.165) is 10.6 Å². The number of amides is 3. The summed E-state index contributed by atoms with van der Waals surface area (Å²) in [6.45, 7) is 0.467. The third-order valence-electron chi connectivity index (χ3n) is 6.43. The van der Waals surface area contributed by atoms with Crippen molar-refractivity contribution < 1.29 is 24.2 Å². The molecular formula is C26H25N7O5. The van der Waals surface area contributed by atoms with Gasteiger partial charge in [-0.25, -0.2) is 14.5 Å². The molecule has 0 spiro atoms. The highest BCUT2D eigenvalue weighted by molar-refractivity contribution is 6.09. The van der Waals surface area contributed by atoms with E-state index in [1.54, 1.807) is 53.2 Å². The van der Waals surface area contributed by atoms with Crippen LogP contribution in [0, 0.1) is 0 Å². The SMILES string of the molecule is COc1ccc(-n2nc(C(N)=O)c3c2C(=O)N(c2ccc(-n4ccnc4CN(C)C(=O)O)cc2)CC3)cc1. The first-order chi connectivity index (χ1) is 18.3. The van der Waals surface area contributed by atoms with Crippen LogP contribution in [0.15, 0.2) is 60.9 Å². The highest BCUT2D eigenvalue weighted by atomic mass is 16.5. The topological polar surface area (TPSA) is 149 Å². The molecule has 1 aliphatic heterocycles. The predicted octanol–water partition coefficient (Wildman–Crippen LogP) is 2.48. The number of ether oxygens (including phenoxy) is 1. The molecule has 0 atom stereocenters. The summed E-state index contributed by atoms with van der Waals surface area (Å²) in [6, 6.07) is 14.3. The second-order valence-corrected chi connectivity index (χ2v) is 8.73. The molecule has 3 amide bonds. The van der Waals surface area contributed by atoms with Crippen LogP contribution in [0.1, 0.15) is 32.4 Å². The Morgan fingerprint density at radius 3 is 2.37 bits per heavy atom. The van der Waals surface area contributed by atoms with Crippen LogP contribution in [0.3, 0.4) is 0 Å². The molecule has 0 aliphatic carbocycles. The molecule has 0 radical (unpaired) electrons. The zero-order valence-electron chi connectivity index (χ0n) is 20.7. The van der Waals surface area contributed by atoms with E-state index >= 15 is 0 Å².